The number of aromatic nitrogens is 1. The second-order valence-corrected chi connectivity index (χ2v) is 4.34. The van der Waals surface area contributed by atoms with Crippen LogP contribution in [0.5, 0.6) is 0 Å². The van der Waals surface area contributed by atoms with Crippen molar-refractivity contribution < 1.29 is 4.39 Å². The monoisotopic (exact) mass is 244 g/mol. The van der Waals surface area contributed by atoms with Gasteiger partial charge in [-0.25, -0.2) is 4.39 Å². The lowest BCUT2D eigenvalue weighted by atomic mass is 10.1. The van der Waals surface area contributed by atoms with Gasteiger partial charge in [0.25, 0.3) is 0 Å². The summed E-state index contributed by atoms with van der Waals surface area (Å²) in [6.07, 6.45) is 4.54. The largest absolute Gasteiger partial charge is 0.310 e. The number of rotatable bonds is 5. The van der Waals surface area contributed by atoms with Gasteiger partial charge in [0.2, 0.25) is 0 Å². The second kappa shape index (κ2) is 6.26. The van der Waals surface area contributed by atoms with Crippen molar-refractivity contribution in [3.8, 4) is 0 Å². The topological polar surface area (TPSA) is 24.9 Å². The number of benzene rings is 1. The Morgan fingerprint density at radius 2 is 2.00 bits per heavy atom. The number of nitrogens with one attached hydrogen (secondary N) is 1. The number of halogens is 1. The van der Waals surface area contributed by atoms with E-state index in [1.165, 1.54) is 17.7 Å². The van der Waals surface area contributed by atoms with Crippen molar-refractivity contribution in [2.75, 3.05) is 6.54 Å². The molecule has 1 heterocycles. The van der Waals surface area contributed by atoms with E-state index in [9.17, 15) is 4.39 Å². The molecule has 1 aromatic heterocycles. The third kappa shape index (κ3) is 3.64. The minimum Gasteiger partial charge on any atom is -0.310 e. The van der Waals surface area contributed by atoms with E-state index in [1.54, 1.807) is 6.20 Å². The van der Waals surface area contributed by atoms with Gasteiger partial charge in [-0.05, 0) is 49.2 Å². The Morgan fingerprint density at radius 3 is 2.67 bits per heavy atom. The zero-order chi connectivity index (χ0) is 12.8. The van der Waals surface area contributed by atoms with Crippen LogP contribution in [-0.4, -0.2) is 11.5 Å². The van der Waals surface area contributed by atoms with Crippen LogP contribution in [0, 0.1) is 5.82 Å². The Morgan fingerprint density at radius 1 is 1.22 bits per heavy atom. The smallest absolute Gasteiger partial charge is 0.123 e. The molecule has 2 rings (SSSR count). The lowest BCUT2D eigenvalue weighted by Crippen LogP contribution is -2.21. The molecule has 3 heteroatoms. The summed E-state index contributed by atoms with van der Waals surface area (Å²) in [4.78, 5) is 4.10. The predicted molar refractivity (Wildman–Crippen MR) is 70.8 cm³/mol. The van der Waals surface area contributed by atoms with Crippen LogP contribution in [0.15, 0.2) is 48.8 Å². The molecule has 0 spiro atoms. The first-order valence-corrected chi connectivity index (χ1v) is 6.13. The van der Waals surface area contributed by atoms with Crippen LogP contribution in [0.4, 0.5) is 4.39 Å². The molecule has 0 saturated heterocycles. The molecule has 2 aromatic rings. The highest BCUT2D eigenvalue weighted by molar-refractivity contribution is 5.17. The van der Waals surface area contributed by atoms with Crippen LogP contribution in [0.3, 0.4) is 0 Å². The van der Waals surface area contributed by atoms with Gasteiger partial charge in [0.1, 0.15) is 5.82 Å². The van der Waals surface area contributed by atoms with Crippen molar-refractivity contribution in [3.63, 3.8) is 0 Å². The zero-order valence-corrected chi connectivity index (χ0v) is 10.4. The molecule has 0 aliphatic rings. The predicted octanol–water partition coefficient (Wildman–Crippen LogP) is 3.11. The molecule has 1 aromatic carbocycles. The minimum absolute atomic E-state index is 0.185. The van der Waals surface area contributed by atoms with Crippen LogP contribution in [0.1, 0.15) is 24.1 Å². The van der Waals surface area contributed by atoms with E-state index < -0.39 is 0 Å². The summed E-state index contributed by atoms with van der Waals surface area (Å²) in [7, 11) is 0. The Hall–Kier alpha value is -1.74. The molecule has 94 valence electrons. The quantitative estimate of drug-likeness (QED) is 0.874. The molecule has 1 N–H and O–H groups in total. The fraction of sp³-hybridized carbons (Fsp3) is 0.267. The van der Waals surface area contributed by atoms with Gasteiger partial charge < -0.3 is 5.32 Å². The average Bonchev–Trinajstić information content (AvgIpc) is 2.42. The van der Waals surface area contributed by atoms with Crippen molar-refractivity contribution in [2.45, 2.75) is 19.4 Å². The Labute approximate surface area is 107 Å². The van der Waals surface area contributed by atoms with E-state index in [1.807, 2.05) is 24.4 Å². The Kier molecular flexibility index (Phi) is 4.42. The van der Waals surface area contributed by atoms with Gasteiger partial charge >= 0.3 is 0 Å². The minimum atomic E-state index is -0.185. The van der Waals surface area contributed by atoms with Gasteiger partial charge in [-0.1, -0.05) is 18.2 Å². The molecule has 0 saturated carbocycles. The highest BCUT2D eigenvalue weighted by atomic mass is 19.1. The molecule has 2 nitrogen and oxygen atoms in total. The van der Waals surface area contributed by atoms with Crippen LogP contribution < -0.4 is 5.32 Å². The van der Waals surface area contributed by atoms with Crippen molar-refractivity contribution in [1.82, 2.24) is 10.3 Å². The summed E-state index contributed by atoms with van der Waals surface area (Å²) < 4.78 is 12.7. The molecule has 18 heavy (non-hydrogen) atoms. The van der Waals surface area contributed by atoms with Crippen LogP contribution in [0.25, 0.3) is 0 Å². The van der Waals surface area contributed by atoms with E-state index in [-0.39, 0.29) is 11.9 Å². The molecule has 0 amide bonds. The first kappa shape index (κ1) is 12.7. The molecule has 0 bridgehead atoms. The molecular weight excluding hydrogens is 227 g/mol. The maximum Gasteiger partial charge on any atom is 0.123 e. The molecular formula is C15H17FN2. The van der Waals surface area contributed by atoms with Gasteiger partial charge in [0, 0.05) is 18.4 Å². The SMILES string of the molecule is CC(NCCc1ccc(F)cc1)c1cccnc1. The van der Waals surface area contributed by atoms with Crippen LogP contribution >= 0.6 is 0 Å². The molecule has 0 aliphatic heterocycles. The summed E-state index contributed by atoms with van der Waals surface area (Å²) in [5, 5.41) is 3.43. The van der Waals surface area contributed by atoms with Gasteiger partial charge in [0.05, 0.1) is 0 Å². The third-order valence-corrected chi connectivity index (χ3v) is 2.96. The summed E-state index contributed by atoms with van der Waals surface area (Å²) >= 11 is 0. The number of hydrogen-bond acceptors (Lipinski definition) is 2. The Bertz CT molecular complexity index is 468. The Balaban J connectivity index is 1.80. The fourth-order valence-corrected chi connectivity index (χ4v) is 1.83. The summed E-state index contributed by atoms with van der Waals surface area (Å²) in [5.74, 6) is -0.185. The highest BCUT2D eigenvalue weighted by Crippen LogP contribution is 2.10. The molecule has 1 unspecified atom stereocenters. The van der Waals surface area contributed by atoms with E-state index in [0.29, 0.717) is 0 Å². The molecule has 1 atom stereocenters. The molecule has 0 aliphatic carbocycles. The number of hydrogen-bond donors (Lipinski definition) is 1. The van der Waals surface area contributed by atoms with Crippen molar-refractivity contribution in [1.29, 1.82) is 0 Å². The average molecular weight is 244 g/mol. The van der Waals surface area contributed by atoms with Crippen molar-refractivity contribution in [2.24, 2.45) is 0 Å². The van der Waals surface area contributed by atoms with Crippen molar-refractivity contribution >= 4 is 0 Å². The second-order valence-electron chi connectivity index (χ2n) is 4.34. The summed E-state index contributed by atoms with van der Waals surface area (Å²) in [6.45, 7) is 2.98. The van der Waals surface area contributed by atoms with E-state index in [2.05, 4.69) is 23.3 Å². The van der Waals surface area contributed by atoms with Gasteiger partial charge in [-0.15, -0.1) is 0 Å². The van der Waals surface area contributed by atoms with E-state index >= 15 is 0 Å². The maximum atomic E-state index is 12.7. The van der Waals surface area contributed by atoms with Gasteiger partial charge in [0.15, 0.2) is 0 Å². The third-order valence-electron chi connectivity index (χ3n) is 2.96. The standard InChI is InChI=1S/C15H17FN2/c1-12(14-3-2-9-17-11-14)18-10-8-13-4-6-15(16)7-5-13/h2-7,9,11-12,18H,8,10H2,1H3. The number of pyridine rings is 1. The van der Waals surface area contributed by atoms with Crippen LogP contribution in [-0.2, 0) is 6.42 Å². The van der Waals surface area contributed by atoms with Crippen LogP contribution in [0.2, 0.25) is 0 Å². The van der Waals surface area contributed by atoms with Crippen molar-refractivity contribution in [3.05, 3.63) is 65.7 Å². The molecule has 0 radical (unpaired) electrons. The van der Waals surface area contributed by atoms with Gasteiger partial charge in [-0.3, -0.25) is 4.98 Å². The summed E-state index contributed by atoms with van der Waals surface area (Å²) in [5.41, 5.74) is 2.32. The fourth-order valence-electron chi connectivity index (χ4n) is 1.83. The number of nitrogens with zero attached hydrogens (tertiary/aromatic N) is 1. The van der Waals surface area contributed by atoms with E-state index in [0.717, 1.165) is 18.5 Å². The molecule has 0 fully saturated rings. The van der Waals surface area contributed by atoms with Gasteiger partial charge in [-0.2, -0.15) is 0 Å². The lowest BCUT2D eigenvalue weighted by molar-refractivity contribution is 0.574. The first-order chi connectivity index (χ1) is 8.75. The zero-order valence-electron chi connectivity index (χ0n) is 10.4. The first-order valence-electron chi connectivity index (χ1n) is 6.13. The lowest BCUT2D eigenvalue weighted by Gasteiger charge is -2.13. The van der Waals surface area contributed by atoms with E-state index in [4.69, 9.17) is 0 Å². The summed E-state index contributed by atoms with van der Waals surface area (Å²) in [6, 6.07) is 10.9. The maximum absolute atomic E-state index is 12.7. The normalized spacial score (nSPS) is 12.3. The highest BCUT2D eigenvalue weighted by Gasteiger charge is 2.03.